The number of unbranched alkanes of at least 4 members (excludes halogenated alkanes) is 1. The SMILES string of the molecule is C/C=C/C/C=C/C/C=C/C/C=C/C/C=C/C/C=C/CCCC(=O)Nc1c(CC)cccc1CC. The van der Waals surface area contributed by atoms with Gasteiger partial charge in [0, 0.05) is 12.1 Å². The number of nitrogens with one attached hydrogen (secondary N) is 1. The van der Waals surface area contributed by atoms with Gasteiger partial charge in [-0.25, -0.2) is 0 Å². The van der Waals surface area contributed by atoms with Crippen molar-refractivity contribution in [2.24, 2.45) is 0 Å². The number of carbonyl (C=O) groups is 1. The van der Waals surface area contributed by atoms with Crippen LogP contribution in [-0.4, -0.2) is 5.91 Å². The number of para-hydroxylation sites is 1. The number of hydrogen-bond acceptors (Lipinski definition) is 1. The van der Waals surface area contributed by atoms with Gasteiger partial charge in [0.05, 0.1) is 0 Å². The van der Waals surface area contributed by atoms with E-state index in [1.807, 2.05) is 6.92 Å². The molecule has 0 unspecified atom stereocenters. The van der Waals surface area contributed by atoms with Crippen LogP contribution in [0.1, 0.15) is 83.3 Å². The number of carbonyl (C=O) groups excluding carboxylic acids is 1. The van der Waals surface area contributed by atoms with Gasteiger partial charge < -0.3 is 5.32 Å². The summed E-state index contributed by atoms with van der Waals surface area (Å²) >= 11 is 0. The van der Waals surface area contributed by atoms with Crippen LogP contribution in [0.4, 0.5) is 5.69 Å². The molecule has 0 saturated heterocycles. The summed E-state index contributed by atoms with van der Waals surface area (Å²) in [6.45, 7) is 6.31. The van der Waals surface area contributed by atoms with E-state index in [1.165, 1.54) is 11.1 Å². The highest BCUT2D eigenvalue weighted by Crippen LogP contribution is 2.23. The number of hydrogen-bond donors (Lipinski definition) is 1. The molecule has 2 heteroatoms. The number of benzene rings is 1. The van der Waals surface area contributed by atoms with Crippen molar-refractivity contribution in [1.29, 1.82) is 0 Å². The quantitative estimate of drug-likeness (QED) is 0.182. The average Bonchev–Trinajstić information content (AvgIpc) is 2.85. The summed E-state index contributed by atoms with van der Waals surface area (Å²) in [4.78, 5) is 12.4. The van der Waals surface area contributed by atoms with Crippen molar-refractivity contribution >= 4 is 11.6 Å². The first-order valence-corrected chi connectivity index (χ1v) is 13.0. The van der Waals surface area contributed by atoms with E-state index < -0.39 is 0 Å². The van der Waals surface area contributed by atoms with Crippen molar-refractivity contribution in [3.63, 3.8) is 0 Å². The molecular weight excluding hydrogens is 414 g/mol. The van der Waals surface area contributed by atoms with Crippen molar-refractivity contribution in [2.75, 3.05) is 5.32 Å². The molecule has 0 aliphatic heterocycles. The first-order chi connectivity index (χ1) is 16.7. The Hall–Kier alpha value is -2.87. The Morgan fingerprint density at radius 2 is 1.15 bits per heavy atom. The van der Waals surface area contributed by atoms with Gasteiger partial charge in [0.1, 0.15) is 0 Å². The van der Waals surface area contributed by atoms with Crippen LogP contribution in [0.2, 0.25) is 0 Å². The highest BCUT2D eigenvalue weighted by molar-refractivity contribution is 5.92. The topological polar surface area (TPSA) is 29.1 Å². The van der Waals surface area contributed by atoms with Crippen LogP contribution in [0.25, 0.3) is 0 Å². The molecule has 2 nitrogen and oxygen atoms in total. The largest absolute Gasteiger partial charge is 0.326 e. The molecule has 0 saturated carbocycles. The number of aryl methyl sites for hydroxylation is 2. The van der Waals surface area contributed by atoms with Gasteiger partial charge in [-0.15, -0.1) is 0 Å². The van der Waals surface area contributed by atoms with Crippen molar-refractivity contribution in [2.45, 2.75) is 85.0 Å². The molecule has 184 valence electrons. The third-order valence-electron chi connectivity index (χ3n) is 5.47. The van der Waals surface area contributed by atoms with Crippen LogP contribution < -0.4 is 5.32 Å². The third-order valence-corrected chi connectivity index (χ3v) is 5.47. The van der Waals surface area contributed by atoms with E-state index >= 15 is 0 Å². The van der Waals surface area contributed by atoms with Gasteiger partial charge in [-0.3, -0.25) is 4.79 Å². The maximum atomic E-state index is 12.4. The van der Waals surface area contributed by atoms with Gasteiger partial charge >= 0.3 is 0 Å². The first-order valence-electron chi connectivity index (χ1n) is 13.0. The van der Waals surface area contributed by atoms with Crippen molar-refractivity contribution in [3.8, 4) is 0 Å². The second-order valence-electron chi connectivity index (χ2n) is 8.20. The molecule has 0 atom stereocenters. The Kier molecular flexibility index (Phi) is 17.8. The van der Waals surface area contributed by atoms with Crippen molar-refractivity contribution < 1.29 is 4.79 Å². The summed E-state index contributed by atoms with van der Waals surface area (Å²) in [6, 6.07) is 6.28. The minimum absolute atomic E-state index is 0.117. The van der Waals surface area contributed by atoms with Crippen LogP contribution >= 0.6 is 0 Å². The van der Waals surface area contributed by atoms with Crippen LogP contribution in [0, 0.1) is 0 Å². The molecule has 1 N–H and O–H groups in total. The monoisotopic (exact) mass is 459 g/mol. The predicted molar refractivity (Wildman–Crippen MR) is 151 cm³/mol. The fraction of sp³-hybridized carbons (Fsp3) is 0.406. The lowest BCUT2D eigenvalue weighted by atomic mass is 10.0. The molecular formula is C32H45NO. The molecule has 1 rings (SSSR count). The van der Waals surface area contributed by atoms with E-state index in [9.17, 15) is 4.79 Å². The van der Waals surface area contributed by atoms with Crippen LogP contribution in [0.3, 0.4) is 0 Å². The standard InChI is InChI=1S/C32H45NO/c1-4-7-8-9-10-11-12-13-14-15-16-17-18-19-20-21-22-23-24-28-31(34)33-32-29(5-2)26-25-27-30(32)6-3/h4,7,9-10,12-13,15-16,18-19,21-22,25-27H,5-6,8,11,14,17,20,23-24,28H2,1-3H3,(H,33,34)/b7-4+,10-9+,13-12+,16-15+,19-18+,22-21+. The van der Waals surface area contributed by atoms with Gasteiger partial charge in [0.15, 0.2) is 0 Å². The van der Waals surface area contributed by atoms with E-state index in [2.05, 4.69) is 110 Å². The summed E-state index contributed by atoms with van der Waals surface area (Å²) in [5.74, 6) is 0.117. The highest BCUT2D eigenvalue weighted by atomic mass is 16.1. The Bertz CT molecular complexity index is 830. The molecule has 1 aromatic carbocycles. The molecule has 0 radical (unpaired) electrons. The molecule has 0 bridgehead atoms. The van der Waals surface area contributed by atoms with Crippen molar-refractivity contribution in [3.05, 3.63) is 102 Å². The highest BCUT2D eigenvalue weighted by Gasteiger charge is 2.09. The van der Waals surface area contributed by atoms with E-state index in [0.717, 1.165) is 63.5 Å². The number of anilines is 1. The summed E-state index contributed by atoms with van der Waals surface area (Å²) in [7, 11) is 0. The number of amides is 1. The fourth-order valence-electron chi connectivity index (χ4n) is 3.50. The minimum atomic E-state index is 0.117. The molecule has 34 heavy (non-hydrogen) atoms. The third kappa shape index (κ3) is 14.3. The lowest BCUT2D eigenvalue weighted by molar-refractivity contribution is -0.116. The molecule has 0 fully saturated rings. The lowest BCUT2D eigenvalue weighted by Crippen LogP contribution is -2.14. The summed E-state index contributed by atoms with van der Waals surface area (Å²) in [5.41, 5.74) is 3.46. The summed E-state index contributed by atoms with van der Waals surface area (Å²) in [6.07, 6.45) is 35.5. The van der Waals surface area contributed by atoms with Crippen molar-refractivity contribution in [1.82, 2.24) is 0 Å². The second kappa shape index (κ2) is 20.7. The molecule has 1 aromatic rings. The molecule has 0 aromatic heterocycles. The Labute approximate surface area is 208 Å². The van der Waals surface area contributed by atoms with Gasteiger partial charge in [0.25, 0.3) is 0 Å². The predicted octanol–water partition coefficient (Wildman–Crippen LogP) is 9.23. The van der Waals surface area contributed by atoms with E-state index in [4.69, 9.17) is 0 Å². The smallest absolute Gasteiger partial charge is 0.224 e. The second-order valence-corrected chi connectivity index (χ2v) is 8.20. The molecule has 0 aliphatic carbocycles. The van der Waals surface area contributed by atoms with E-state index in [1.54, 1.807) is 0 Å². The number of allylic oxidation sites excluding steroid dienone is 12. The minimum Gasteiger partial charge on any atom is -0.326 e. The summed E-state index contributed by atoms with van der Waals surface area (Å²) < 4.78 is 0. The molecule has 0 heterocycles. The number of rotatable bonds is 17. The molecule has 0 aliphatic rings. The van der Waals surface area contributed by atoms with Crippen LogP contribution in [0.5, 0.6) is 0 Å². The average molecular weight is 460 g/mol. The van der Waals surface area contributed by atoms with Gasteiger partial charge in [0.2, 0.25) is 5.91 Å². The maximum Gasteiger partial charge on any atom is 0.224 e. The zero-order chi connectivity index (χ0) is 24.7. The molecule has 0 spiro atoms. The zero-order valence-electron chi connectivity index (χ0n) is 21.6. The Balaban J connectivity index is 2.12. The first kappa shape index (κ1) is 29.2. The molecule has 1 amide bonds. The van der Waals surface area contributed by atoms with E-state index in [0.29, 0.717) is 6.42 Å². The van der Waals surface area contributed by atoms with Gasteiger partial charge in [-0.05, 0) is 75.8 Å². The van der Waals surface area contributed by atoms with Gasteiger partial charge in [-0.1, -0.05) is 105 Å². The zero-order valence-corrected chi connectivity index (χ0v) is 21.6. The normalized spacial score (nSPS) is 12.6. The lowest BCUT2D eigenvalue weighted by Gasteiger charge is -2.14. The summed E-state index contributed by atoms with van der Waals surface area (Å²) in [5, 5.41) is 3.15. The fourth-order valence-corrected chi connectivity index (χ4v) is 3.50. The van der Waals surface area contributed by atoms with Crippen LogP contribution in [-0.2, 0) is 17.6 Å². The van der Waals surface area contributed by atoms with Gasteiger partial charge in [-0.2, -0.15) is 0 Å². The Morgan fingerprint density at radius 1 is 0.706 bits per heavy atom. The maximum absolute atomic E-state index is 12.4. The van der Waals surface area contributed by atoms with E-state index in [-0.39, 0.29) is 5.91 Å². The van der Waals surface area contributed by atoms with Crippen LogP contribution in [0.15, 0.2) is 91.1 Å². The Morgan fingerprint density at radius 3 is 1.59 bits per heavy atom.